The zero-order chi connectivity index (χ0) is 23.7. The molecule has 1 fully saturated rings. The van der Waals surface area contributed by atoms with Gasteiger partial charge in [-0.2, -0.15) is 0 Å². The molecule has 1 aromatic carbocycles. The second-order valence-electron chi connectivity index (χ2n) is 7.82. The monoisotopic (exact) mass is 447 g/mol. The summed E-state index contributed by atoms with van der Waals surface area (Å²) in [6.45, 7) is 6.00. The minimum absolute atomic E-state index is 0.00901. The minimum Gasteiger partial charge on any atom is -0.463 e. The van der Waals surface area contributed by atoms with Crippen LogP contribution in [0.1, 0.15) is 45.8 Å². The maximum absolute atomic E-state index is 12.9. The molecule has 1 aliphatic rings. The van der Waals surface area contributed by atoms with Crippen LogP contribution in [0.2, 0.25) is 0 Å². The van der Waals surface area contributed by atoms with Crippen LogP contribution in [-0.2, 0) is 22.5 Å². The molecule has 8 nitrogen and oxygen atoms in total. The number of carbonyl (C=O) groups is 3. The lowest BCUT2D eigenvalue weighted by atomic mass is 10.1. The molecule has 0 atom stereocenters. The second-order valence-corrected chi connectivity index (χ2v) is 7.82. The lowest BCUT2D eigenvalue weighted by Gasteiger charge is -2.10. The van der Waals surface area contributed by atoms with Crippen LogP contribution >= 0.6 is 0 Å². The smallest absolute Gasteiger partial charge is 0.373 e. The molecular weight excluding hydrogens is 422 g/mol. The molecule has 3 aromatic rings. The highest BCUT2D eigenvalue weighted by molar-refractivity contribution is 6.13. The summed E-state index contributed by atoms with van der Waals surface area (Å²) in [5, 5.41) is 2.63. The third kappa shape index (κ3) is 4.19. The van der Waals surface area contributed by atoms with Crippen molar-refractivity contribution in [1.82, 2.24) is 14.8 Å². The number of aryl methyl sites for hydroxylation is 2. The number of esters is 1. The summed E-state index contributed by atoms with van der Waals surface area (Å²) >= 11 is 0. The first-order chi connectivity index (χ1) is 15.8. The first-order valence-corrected chi connectivity index (χ1v) is 10.6. The van der Waals surface area contributed by atoms with Gasteiger partial charge in [0.1, 0.15) is 11.5 Å². The molecule has 3 heterocycles. The summed E-state index contributed by atoms with van der Waals surface area (Å²) in [6.07, 6.45) is 2.66. The molecule has 2 aromatic heterocycles. The average molecular weight is 447 g/mol. The van der Waals surface area contributed by atoms with E-state index in [1.54, 1.807) is 6.08 Å². The lowest BCUT2D eigenvalue weighted by Crippen LogP contribution is -2.30. The van der Waals surface area contributed by atoms with Gasteiger partial charge in [-0.3, -0.25) is 9.69 Å². The number of rotatable bonds is 6. The number of nitrogens with one attached hydrogen (secondary N) is 1. The Morgan fingerprint density at radius 2 is 1.85 bits per heavy atom. The molecule has 4 rings (SSSR count). The van der Waals surface area contributed by atoms with Gasteiger partial charge in [0.2, 0.25) is 5.76 Å². The largest absolute Gasteiger partial charge is 0.463 e. The molecule has 33 heavy (non-hydrogen) atoms. The van der Waals surface area contributed by atoms with Crippen LogP contribution in [0.3, 0.4) is 0 Å². The zero-order valence-electron chi connectivity index (χ0n) is 19.0. The molecule has 0 aliphatic carbocycles. The molecule has 170 valence electrons. The topological polar surface area (TPSA) is 93.8 Å². The number of imide groups is 1. The van der Waals surface area contributed by atoms with Gasteiger partial charge in [-0.25, -0.2) is 9.59 Å². The molecule has 1 saturated heterocycles. The van der Waals surface area contributed by atoms with Gasteiger partial charge in [0.25, 0.3) is 5.91 Å². The maximum Gasteiger partial charge on any atom is 0.373 e. The second kappa shape index (κ2) is 8.82. The average Bonchev–Trinajstić information content (AvgIpc) is 3.47. The number of nitrogens with zero attached hydrogens (tertiary/aromatic N) is 2. The van der Waals surface area contributed by atoms with Crippen LogP contribution in [0.15, 0.2) is 52.6 Å². The number of methoxy groups -OCH3 is 1. The predicted molar refractivity (Wildman–Crippen MR) is 122 cm³/mol. The van der Waals surface area contributed by atoms with E-state index in [9.17, 15) is 14.4 Å². The number of carbonyl (C=O) groups excluding carboxylic acids is 3. The van der Waals surface area contributed by atoms with Gasteiger partial charge in [-0.05, 0) is 67.8 Å². The lowest BCUT2D eigenvalue weighted by molar-refractivity contribution is -0.123. The molecule has 1 N–H and O–H groups in total. The van der Waals surface area contributed by atoms with Crippen molar-refractivity contribution in [3.63, 3.8) is 0 Å². The highest BCUT2D eigenvalue weighted by Gasteiger charge is 2.34. The Morgan fingerprint density at radius 1 is 1.12 bits per heavy atom. The fraction of sp³-hybridized carbons (Fsp3) is 0.240. The number of urea groups is 1. The van der Waals surface area contributed by atoms with Crippen molar-refractivity contribution in [3.8, 4) is 5.69 Å². The third-order valence-corrected chi connectivity index (χ3v) is 5.70. The fourth-order valence-electron chi connectivity index (χ4n) is 3.91. The molecule has 1 aliphatic heterocycles. The standard InChI is InChI=1S/C25H25N3O5/c1-5-17-6-8-19(9-7-17)28-15(2)12-18(16(28)3)13-21-23(29)27(25(31)26-21)14-20-10-11-22(33-20)24(30)32-4/h6-13H,5,14H2,1-4H3,(H,26,31). The summed E-state index contributed by atoms with van der Waals surface area (Å²) in [7, 11) is 1.25. The number of hydrogen-bond donors (Lipinski definition) is 1. The maximum atomic E-state index is 12.9. The number of aromatic nitrogens is 1. The number of furan rings is 1. The van der Waals surface area contributed by atoms with Gasteiger partial charge in [0.05, 0.1) is 13.7 Å². The van der Waals surface area contributed by atoms with Crippen LogP contribution < -0.4 is 5.32 Å². The van der Waals surface area contributed by atoms with Gasteiger partial charge >= 0.3 is 12.0 Å². The molecule has 0 spiro atoms. The van der Waals surface area contributed by atoms with Crippen molar-refractivity contribution in [2.24, 2.45) is 0 Å². The summed E-state index contributed by atoms with van der Waals surface area (Å²) in [5.41, 5.74) is 5.29. The van der Waals surface area contributed by atoms with Crippen molar-refractivity contribution in [1.29, 1.82) is 0 Å². The first kappa shape index (κ1) is 22.1. The molecule has 0 radical (unpaired) electrons. The van der Waals surface area contributed by atoms with E-state index >= 15 is 0 Å². The molecule has 3 amide bonds. The molecule has 0 unspecified atom stereocenters. The van der Waals surface area contributed by atoms with E-state index in [0.717, 1.165) is 34.0 Å². The molecule has 8 heteroatoms. The van der Waals surface area contributed by atoms with E-state index in [2.05, 4.69) is 45.8 Å². The zero-order valence-corrected chi connectivity index (χ0v) is 19.0. The van der Waals surface area contributed by atoms with E-state index in [-0.39, 0.29) is 18.0 Å². The Hall–Kier alpha value is -4.07. The van der Waals surface area contributed by atoms with E-state index < -0.39 is 17.9 Å². The Kier molecular flexibility index (Phi) is 5.91. The van der Waals surface area contributed by atoms with Crippen molar-refractivity contribution in [3.05, 3.63) is 82.2 Å². The number of hydrogen-bond acceptors (Lipinski definition) is 5. The Bertz CT molecular complexity index is 1260. The van der Waals surface area contributed by atoms with Crippen LogP contribution in [-0.4, -0.2) is 34.5 Å². The number of ether oxygens (including phenoxy) is 1. The van der Waals surface area contributed by atoms with Crippen molar-refractivity contribution >= 4 is 24.0 Å². The molecule has 0 bridgehead atoms. The van der Waals surface area contributed by atoms with E-state index in [1.165, 1.54) is 24.8 Å². The van der Waals surface area contributed by atoms with E-state index in [4.69, 9.17) is 4.42 Å². The Balaban J connectivity index is 1.57. The Labute approximate surface area is 191 Å². The van der Waals surface area contributed by atoms with Gasteiger partial charge in [0.15, 0.2) is 0 Å². The Morgan fingerprint density at radius 3 is 2.52 bits per heavy atom. The number of benzene rings is 1. The van der Waals surface area contributed by atoms with Crippen molar-refractivity contribution < 1.29 is 23.5 Å². The third-order valence-electron chi connectivity index (χ3n) is 5.70. The summed E-state index contributed by atoms with van der Waals surface area (Å²) in [4.78, 5) is 37.9. The van der Waals surface area contributed by atoms with E-state index in [0.29, 0.717) is 5.76 Å². The van der Waals surface area contributed by atoms with Gasteiger partial charge in [-0.1, -0.05) is 19.1 Å². The normalized spacial score (nSPS) is 14.8. The van der Waals surface area contributed by atoms with Crippen LogP contribution in [0.4, 0.5) is 4.79 Å². The predicted octanol–water partition coefficient (Wildman–Crippen LogP) is 4.13. The highest BCUT2D eigenvalue weighted by atomic mass is 16.5. The minimum atomic E-state index is -0.626. The quantitative estimate of drug-likeness (QED) is 0.348. The van der Waals surface area contributed by atoms with Crippen molar-refractivity contribution in [2.45, 2.75) is 33.7 Å². The SMILES string of the molecule is CCc1ccc(-n2c(C)cc(C=C3NC(=O)N(Cc4ccc(C(=O)OC)o4)C3=O)c2C)cc1. The summed E-state index contributed by atoms with van der Waals surface area (Å²) < 4.78 is 12.1. The fourth-order valence-corrected chi connectivity index (χ4v) is 3.91. The first-order valence-electron chi connectivity index (χ1n) is 10.6. The highest BCUT2D eigenvalue weighted by Crippen LogP contribution is 2.25. The van der Waals surface area contributed by atoms with Gasteiger partial charge in [-0.15, -0.1) is 0 Å². The van der Waals surface area contributed by atoms with Crippen LogP contribution in [0.25, 0.3) is 11.8 Å². The summed E-state index contributed by atoms with van der Waals surface area (Å²) in [6, 6.07) is 12.8. The van der Waals surface area contributed by atoms with E-state index in [1.807, 2.05) is 19.9 Å². The van der Waals surface area contributed by atoms with Crippen LogP contribution in [0.5, 0.6) is 0 Å². The van der Waals surface area contributed by atoms with Crippen LogP contribution in [0, 0.1) is 13.8 Å². The van der Waals surface area contributed by atoms with Crippen molar-refractivity contribution in [2.75, 3.05) is 7.11 Å². The molecule has 0 saturated carbocycles. The summed E-state index contributed by atoms with van der Waals surface area (Å²) in [5.74, 6) is -0.782. The van der Waals surface area contributed by atoms with Gasteiger partial charge in [0, 0.05) is 17.1 Å². The number of amides is 3. The van der Waals surface area contributed by atoms with Gasteiger partial charge < -0.3 is 19.0 Å². The molecular formula is C25H25N3O5.